The number of hydrogen-bond acceptors (Lipinski definition) is 6. The summed E-state index contributed by atoms with van der Waals surface area (Å²) in [6, 6.07) is 7.54. The highest BCUT2D eigenvalue weighted by atomic mass is 32.2. The molecule has 0 aliphatic carbocycles. The molecule has 0 N–H and O–H groups in total. The Kier molecular flexibility index (Phi) is 7.16. The number of nitrogens with zero attached hydrogens (tertiary/aromatic N) is 4. The van der Waals surface area contributed by atoms with Crippen LogP contribution in [-0.2, 0) is 10.9 Å². The zero-order valence-electron chi connectivity index (χ0n) is 16.6. The molecule has 0 unspecified atom stereocenters. The van der Waals surface area contributed by atoms with E-state index in [-0.39, 0.29) is 16.4 Å². The molecule has 0 bridgehead atoms. The Morgan fingerprint density at radius 1 is 1.23 bits per heavy atom. The van der Waals surface area contributed by atoms with Crippen molar-refractivity contribution in [2.75, 3.05) is 12.3 Å². The van der Waals surface area contributed by atoms with Crippen LogP contribution in [-0.4, -0.2) is 34.1 Å². The molecule has 0 atom stereocenters. The molecule has 1 saturated heterocycles. The van der Waals surface area contributed by atoms with Gasteiger partial charge in [-0.15, -0.1) is 0 Å². The number of carbonyl (C=O) groups is 1. The molecule has 1 aromatic carbocycles. The molecule has 0 spiro atoms. The van der Waals surface area contributed by atoms with Gasteiger partial charge in [0.2, 0.25) is 0 Å². The van der Waals surface area contributed by atoms with Crippen molar-refractivity contribution in [1.82, 2.24) is 4.90 Å². The number of alkyl halides is 3. The number of benzene rings is 1. The first-order valence-corrected chi connectivity index (χ1v) is 9.89. The van der Waals surface area contributed by atoms with Crippen molar-refractivity contribution in [2.24, 2.45) is 4.99 Å². The summed E-state index contributed by atoms with van der Waals surface area (Å²) < 4.78 is 44.7. The third-order valence-corrected chi connectivity index (χ3v) is 4.80. The van der Waals surface area contributed by atoms with Crippen LogP contribution in [0.4, 0.5) is 18.0 Å². The summed E-state index contributed by atoms with van der Waals surface area (Å²) in [5.41, 5.74) is -2.44. The average Bonchev–Trinajstić information content (AvgIpc) is 2.66. The third kappa shape index (κ3) is 6.01. The average molecular weight is 436 g/mol. The van der Waals surface area contributed by atoms with E-state index in [1.807, 2.05) is 0 Å². The fourth-order valence-corrected chi connectivity index (χ4v) is 3.41. The molecule has 30 heavy (non-hydrogen) atoms. The van der Waals surface area contributed by atoms with Crippen LogP contribution >= 0.6 is 11.8 Å². The van der Waals surface area contributed by atoms with Crippen molar-refractivity contribution in [2.45, 2.75) is 39.0 Å². The Hall–Kier alpha value is -2.98. The molecule has 0 radical (unpaired) electrons. The van der Waals surface area contributed by atoms with Gasteiger partial charge < -0.3 is 4.74 Å². The second-order valence-corrected chi connectivity index (χ2v) is 8.32. The molecular weight excluding hydrogens is 417 g/mol. The van der Waals surface area contributed by atoms with Crippen LogP contribution < -0.4 is 0 Å². The first-order chi connectivity index (χ1) is 14.0. The van der Waals surface area contributed by atoms with Crippen molar-refractivity contribution in [3.8, 4) is 12.1 Å². The fourth-order valence-electron chi connectivity index (χ4n) is 2.47. The van der Waals surface area contributed by atoms with Gasteiger partial charge >= 0.3 is 12.3 Å². The van der Waals surface area contributed by atoms with Crippen molar-refractivity contribution in [3.05, 3.63) is 41.0 Å². The van der Waals surface area contributed by atoms with Gasteiger partial charge in [0.25, 0.3) is 0 Å². The van der Waals surface area contributed by atoms with Gasteiger partial charge in [0.15, 0.2) is 10.7 Å². The van der Waals surface area contributed by atoms with E-state index < -0.39 is 29.0 Å². The third-order valence-electron chi connectivity index (χ3n) is 3.73. The van der Waals surface area contributed by atoms with Crippen LogP contribution in [0.15, 0.2) is 34.8 Å². The SMILES string of the molecule is CC(C)(C)OC(=O)N1CCCSC1=NC(=C(C#N)C#N)c1cccc(C(F)(F)F)c1. The molecule has 0 aromatic heterocycles. The Balaban J connectivity index is 2.57. The number of carbonyl (C=O) groups excluding carboxylic acids is 1. The van der Waals surface area contributed by atoms with Gasteiger partial charge in [-0.2, -0.15) is 23.7 Å². The van der Waals surface area contributed by atoms with Gasteiger partial charge in [0.05, 0.1) is 5.56 Å². The highest BCUT2D eigenvalue weighted by Crippen LogP contribution is 2.33. The minimum absolute atomic E-state index is 0.0502. The lowest BCUT2D eigenvalue weighted by Gasteiger charge is -2.30. The lowest BCUT2D eigenvalue weighted by molar-refractivity contribution is -0.137. The Morgan fingerprint density at radius 3 is 2.47 bits per heavy atom. The fraction of sp³-hybridized carbons (Fsp3) is 0.400. The molecule has 1 heterocycles. The number of halogens is 3. The Labute approximate surface area is 176 Å². The zero-order chi connectivity index (χ0) is 22.5. The summed E-state index contributed by atoms with van der Waals surface area (Å²) in [6.45, 7) is 5.41. The van der Waals surface area contributed by atoms with E-state index >= 15 is 0 Å². The summed E-state index contributed by atoms with van der Waals surface area (Å²) in [7, 11) is 0. The summed E-state index contributed by atoms with van der Waals surface area (Å²) in [4.78, 5) is 18.1. The van der Waals surface area contributed by atoms with E-state index in [4.69, 9.17) is 4.74 Å². The zero-order valence-corrected chi connectivity index (χ0v) is 17.4. The van der Waals surface area contributed by atoms with Crippen molar-refractivity contribution in [3.63, 3.8) is 0 Å². The lowest BCUT2D eigenvalue weighted by atomic mass is 10.0. The number of amides is 1. The van der Waals surface area contributed by atoms with Gasteiger partial charge in [-0.1, -0.05) is 23.9 Å². The second-order valence-electron chi connectivity index (χ2n) is 7.25. The number of aliphatic imine (C=N–C) groups is 1. The van der Waals surface area contributed by atoms with Crippen LogP contribution in [0.5, 0.6) is 0 Å². The Bertz CT molecular complexity index is 950. The number of hydrogen-bond donors (Lipinski definition) is 0. The lowest BCUT2D eigenvalue weighted by Crippen LogP contribution is -2.42. The number of rotatable bonds is 2. The standard InChI is InChI=1S/C20H19F3N4O2S/c1-19(2,3)29-18(28)27-8-5-9-30-17(27)26-16(14(11-24)12-25)13-6-4-7-15(10-13)20(21,22)23/h4,6-7,10H,5,8-9H2,1-3H3. The number of ether oxygens (including phenoxy) is 1. The van der Waals surface area contributed by atoms with Crippen LogP contribution in [0.1, 0.15) is 38.3 Å². The Morgan fingerprint density at radius 2 is 1.90 bits per heavy atom. The smallest absolute Gasteiger partial charge is 0.416 e. The van der Waals surface area contributed by atoms with Gasteiger partial charge in [-0.05, 0) is 39.3 Å². The summed E-state index contributed by atoms with van der Waals surface area (Å²) in [5, 5.41) is 18.8. The molecular formula is C20H19F3N4O2S. The number of nitriles is 2. The largest absolute Gasteiger partial charge is 0.443 e. The monoisotopic (exact) mass is 436 g/mol. The van der Waals surface area contributed by atoms with Crippen molar-refractivity contribution >= 4 is 28.7 Å². The molecule has 1 aromatic rings. The van der Waals surface area contributed by atoms with Gasteiger partial charge in [0, 0.05) is 17.9 Å². The maximum atomic E-state index is 13.1. The van der Waals surface area contributed by atoms with E-state index in [0.29, 0.717) is 18.7 Å². The molecule has 1 aliphatic heterocycles. The molecule has 2 rings (SSSR count). The van der Waals surface area contributed by atoms with E-state index in [1.165, 1.54) is 28.8 Å². The molecule has 1 fully saturated rings. The van der Waals surface area contributed by atoms with E-state index in [1.54, 1.807) is 32.9 Å². The van der Waals surface area contributed by atoms with Gasteiger partial charge in [-0.3, -0.25) is 4.90 Å². The van der Waals surface area contributed by atoms with Gasteiger partial charge in [0.1, 0.15) is 23.4 Å². The van der Waals surface area contributed by atoms with Crippen molar-refractivity contribution < 1.29 is 22.7 Å². The van der Waals surface area contributed by atoms with Crippen molar-refractivity contribution in [1.29, 1.82) is 10.5 Å². The van der Waals surface area contributed by atoms with E-state index in [9.17, 15) is 28.5 Å². The molecule has 0 saturated carbocycles. The first kappa shape index (κ1) is 23.3. The normalized spacial score (nSPS) is 15.9. The quantitative estimate of drug-likeness (QED) is 0.595. The van der Waals surface area contributed by atoms with Crippen LogP contribution in [0, 0.1) is 22.7 Å². The summed E-state index contributed by atoms with van der Waals surface area (Å²) >= 11 is 1.20. The molecule has 6 nitrogen and oxygen atoms in total. The number of amidine groups is 1. The molecule has 1 amide bonds. The molecule has 10 heteroatoms. The number of allylic oxidation sites excluding steroid dienone is 1. The minimum Gasteiger partial charge on any atom is -0.443 e. The topological polar surface area (TPSA) is 89.5 Å². The van der Waals surface area contributed by atoms with Crippen LogP contribution in [0.25, 0.3) is 5.70 Å². The maximum absolute atomic E-state index is 13.1. The van der Waals surface area contributed by atoms with E-state index in [0.717, 1.165) is 12.1 Å². The van der Waals surface area contributed by atoms with Crippen LogP contribution in [0.2, 0.25) is 0 Å². The summed E-state index contributed by atoms with van der Waals surface area (Å²) in [6.07, 6.45) is -4.60. The number of thioether (sulfide) groups is 1. The highest BCUT2D eigenvalue weighted by molar-refractivity contribution is 8.13. The maximum Gasteiger partial charge on any atom is 0.416 e. The molecule has 158 valence electrons. The second kappa shape index (κ2) is 9.23. The predicted octanol–water partition coefficient (Wildman–Crippen LogP) is 5.19. The highest BCUT2D eigenvalue weighted by Gasteiger charge is 2.32. The van der Waals surface area contributed by atoms with E-state index in [2.05, 4.69) is 4.99 Å². The molecule has 1 aliphatic rings. The van der Waals surface area contributed by atoms with Crippen LogP contribution in [0.3, 0.4) is 0 Å². The summed E-state index contributed by atoms with van der Waals surface area (Å²) in [5.74, 6) is 0.614. The van der Waals surface area contributed by atoms with Gasteiger partial charge in [-0.25, -0.2) is 9.79 Å². The minimum atomic E-state index is -4.60. The first-order valence-electron chi connectivity index (χ1n) is 8.90. The predicted molar refractivity (Wildman–Crippen MR) is 107 cm³/mol.